The summed E-state index contributed by atoms with van der Waals surface area (Å²) >= 11 is 0. The summed E-state index contributed by atoms with van der Waals surface area (Å²) in [5.74, 6) is -4.39. The molecule has 4 atom stereocenters. The van der Waals surface area contributed by atoms with Crippen LogP contribution >= 0.6 is 0 Å². The van der Waals surface area contributed by atoms with Crippen LogP contribution in [0.15, 0.2) is 30.4 Å². The summed E-state index contributed by atoms with van der Waals surface area (Å²) in [6.45, 7) is 0. The van der Waals surface area contributed by atoms with Crippen LogP contribution in [0.2, 0.25) is 0 Å². The van der Waals surface area contributed by atoms with E-state index in [2.05, 4.69) is 0 Å². The van der Waals surface area contributed by atoms with E-state index in [4.69, 9.17) is 5.11 Å². The lowest BCUT2D eigenvalue weighted by atomic mass is 9.85. The van der Waals surface area contributed by atoms with Crippen molar-refractivity contribution in [1.82, 2.24) is 0 Å². The van der Waals surface area contributed by atoms with E-state index in [0.717, 1.165) is 29.5 Å². The number of carbonyl (C=O) groups is 4. The first-order chi connectivity index (χ1) is 11.4. The first-order valence-corrected chi connectivity index (χ1v) is 7.57. The van der Waals surface area contributed by atoms with Crippen LogP contribution in [0.3, 0.4) is 0 Å². The first-order valence-electron chi connectivity index (χ1n) is 7.57. The van der Waals surface area contributed by atoms with Crippen molar-refractivity contribution in [3.63, 3.8) is 0 Å². The number of benzene rings is 1. The molecule has 1 heterocycles. The van der Waals surface area contributed by atoms with Crippen molar-refractivity contribution in [2.75, 3.05) is 4.90 Å². The maximum atomic E-state index is 12.8. The van der Waals surface area contributed by atoms with Crippen LogP contribution in [0.5, 0.6) is 0 Å². The van der Waals surface area contributed by atoms with Crippen LogP contribution in [0.25, 0.3) is 0 Å². The predicted octanol–water partition coefficient (Wildman–Crippen LogP) is 1.39. The maximum absolute atomic E-state index is 12.8. The standard InChI is InChI=1S/C17H13NO6/c19-14-12-7-1-2-8(5-7)13(12)15(20)18(14)11-6-9(16(21)22)3-4-10(11)17(23)24/h1-4,6-8,12-13H,5H2,(H,21,22)(H,23,24). The molecule has 0 spiro atoms. The van der Waals surface area contributed by atoms with Crippen molar-refractivity contribution < 1.29 is 29.4 Å². The molecular formula is C17H13NO6. The summed E-state index contributed by atoms with van der Waals surface area (Å²) in [4.78, 5) is 49.0. The molecule has 0 aromatic heterocycles. The minimum Gasteiger partial charge on any atom is -0.478 e. The van der Waals surface area contributed by atoms with Crippen molar-refractivity contribution in [2.45, 2.75) is 6.42 Å². The van der Waals surface area contributed by atoms with Gasteiger partial charge in [-0.25, -0.2) is 14.5 Å². The van der Waals surface area contributed by atoms with Gasteiger partial charge in [-0.15, -0.1) is 0 Å². The van der Waals surface area contributed by atoms with Crippen molar-refractivity contribution in [2.24, 2.45) is 23.7 Å². The molecule has 4 unspecified atom stereocenters. The molecule has 122 valence electrons. The number of fused-ring (bicyclic) bond motifs is 5. The number of hydrogen-bond donors (Lipinski definition) is 2. The van der Waals surface area contributed by atoms with Gasteiger partial charge < -0.3 is 10.2 Å². The van der Waals surface area contributed by atoms with Crippen LogP contribution in [-0.2, 0) is 9.59 Å². The summed E-state index contributed by atoms with van der Waals surface area (Å²) in [5, 5.41) is 18.5. The molecule has 2 bridgehead atoms. The van der Waals surface area contributed by atoms with Crippen molar-refractivity contribution >= 4 is 29.4 Å². The van der Waals surface area contributed by atoms with Crippen molar-refractivity contribution in [3.8, 4) is 0 Å². The molecule has 24 heavy (non-hydrogen) atoms. The number of anilines is 1. The number of carbonyl (C=O) groups excluding carboxylic acids is 2. The minimum absolute atomic E-state index is 0.00242. The normalized spacial score (nSPS) is 30.1. The Labute approximate surface area is 136 Å². The topological polar surface area (TPSA) is 112 Å². The summed E-state index contributed by atoms with van der Waals surface area (Å²) in [5.41, 5.74) is -0.595. The monoisotopic (exact) mass is 327 g/mol. The molecule has 2 N–H and O–H groups in total. The lowest BCUT2D eigenvalue weighted by Gasteiger charge is -2.19. The Bertz CT molecular complexity index is 811. The fourth-order valence-corrected chi connectivity index (χ4v) is 4.17. The van der Waals surface area contributed by atoms with E-state index in [0.29, 0.717) is 0 Å². The number of allylic oxidation sites excluding steroid dienone is 2. The third kappa shape index (κ3) is 1.78. The van der Waals surface area contributed by atoms with Gasteiger partial charge in [0.2, 0.25) is 11.8 Å². The number of amides is 2. The molecule has 1 aromatic carbocycles. The van der Waals surface area contributed by atoms with Gasteiger partial charge in [0.25, 0.3) is 0 Å². The quantitative estimate of drug-likeness (QED) is 0.641. The highest BCUT2D eigenvalue weighted by Crippen LogP contribution is 2.53. The predicted molar refractivity (Wildman–Crippen MR) is 80.6 cm³/mol. The Morgan fingerprint density at radius 3 is 2.04 bits per heavy atom. The van der Waals surface area contributed by atoms with Gasteiger partial charge >= 0.3 is 11.9 Å². The first kappa shape index (κ1) is 14.6. The minimum atomic E-state index is -1.32. The molecule has 1 aromatic rings. The summed E-state index contributed by atoms with van der Waals surface area (Å²) in [6.07, 6.45) is 4.64. The van der Waals surface area contributed by atoms with Gasteiger partial charge in [-0.3, -0.25) is 9.59 Å². The molecule has 2 fully saturated rings. The van der Waals surface area contributed by atoms with Crippen molar-refractivity contribution in [3.05, 3.63) is 41.5 Å². The molecule has 7 heteroatoms. The fraction of sp³-hybridized carbons (Fsp3) is 0.294. The molecule has 7 nitrogen and oxygen atoms in total. The van der Waals surface area contributed by atoms with E-state index >= 15 is 0 Å². The van der Waals surface area contributed by atoms with Gasteiger partial charge in [-0.1, -0.05) is 12.2 Å². The Hall–Kier alpha value is -2.96. The van der Waals surface area contributed by atoms with E-state index in [-0.39, 0.29) is 28.7 Å². The molecule has 0 radical (unpaired) electrons. The Morgan fingerprint density at radius 1 is 0.958 bits per heavy atom. The van der Waals surface area contributed by atoms with Gasteiger partial charge in [-0.2, -0.15) is 0 Å². The highest BCUT2D eigenvalue weighted by molar-refractivity contribution is 6.24. The SMILES string of the molecule is O=C(O)c1ccc(C(=O)O)c(N2C(=O)C3C4C=CC(C4)C3C2=O)c1. The van der Waals surface area contributed by atoms with Gasteiger partial charge in [-0.05, 0) is 36.5 Å². The molecule has 3 aliphatic rings. The molecule has 2 aliphatic carbocycles. The smallest absolute Gasteiger partial charge is 0.337 e. The number of rotatable bonds is 3. The Morgan fingerprint density at radius 2 is 1.54 bits per heavy atom. The van der Waals surface area contributed by atoms with Gasteiger partial charge in [0.1, 0.15) is 0 Å². The second-order valence-corrected chi connectivity index (χ2v) is 6.35. The zero-order chi connectivity index (χ0) is 17.2. The second-order valence-electron chi connectivity index (χ2n) is 6.35. The van der Waals surface area contributed by atoms with Crippen LogP contribution in [0, 0.1) is 23.7 Å². The molecular weight excluding hydrogens is 314 g/mol. The summed E-state index contributed by atoms with van der Waals surface area (Å²) in [7, 11) is 0. The van der Waals surface area contributed by atoms with Gasteiger partial charge in [0.15, 0.2) is 0 Å². The average Bonchev–Trinajstić information content (AvgIpc) is 3.20. The Kier molecular flexibility index (Phi) is 2.90. The van der Waals surface area contributed by atoms with E-state index in [1.165, 1.54) is 0 Å². The van der Waals surface area contributed by atoms with Crippen LogP contribution < -0.4 is 4.90 Å². The summed E-state index contributed by atoms with van der Waals surface area (Å²) < 4.78 is 0. The largest absolute Gasteiger partial charge is 0.478 e. The van der Waals surface area contributed by atoms with E-state index < -0.39 is 35.6 Å². The maximum Gasteiger partial charge on any atom is 0.337 e. The fourth-order valence-electron chi connectivity index (χ4n) is 4.17. The average molecular weight is 327 g/mol. The number of carboxylic acid groups (broad SMARTS) is 2. The van der Waals surface area contributed by atoms with Crippen LogP contribution in [0.1, 0.15) is 27.1 Å². The summed E-state index contributed by atoms with van der Waals surface area (Å²) in [6, 6.07) is 3.34. The Balaban J connectivity index is 1.83. The molecule has 1 aliphatic heterocycles. The van der Waals surface area contributed by atoms with Crippen molar-refractivity contribution in [1.29, 1.82) is 0 Å². The lowest BCUT2D eigenvalue weighted by Crippen LogP contribution is -2.34. The van der Waals surface area contributed by atoms with E-state index in [1.54, 1.807) is 0 Å². The van der Waals surface area contributed by atoms with Gasteiger partial charge in [0, 0.05) is 0 Å². The number of hydrogen-bond acceptors (Lipinski definition) is 4. The molecule has 4 rings (SSSR count). The lowest BCUT2D eigenvalue weighted by molar-refractivity contribution is -0.123. The number of aromatic carboxylic acids is 2. The number of imide groups is 1. The van der Waals surface area contributed by atoms with E-state index in [9.17, 15) is 24.3 Å². The number of nitrogens with zero attached hydrogens (tertiary/aromatic N) is 1. The molecule has 2 amide bonds. The third-order valence-electron chi connectivity index (χ3n) is 5.19. The van der Waals surface area contributed by atoms with Crippen LogP contribution in [-0.4, -0.2) is 34.0 Å². The van der Waals surface area contributed by atoms with E-state index in [1.807, 2.05) is 12.2 Å². The second kappa shape index (κ2) is 4.77. The third-order valence-corrected chi connectivity index (χ3v) is 5.19. The molecule has 1 saturated carbocycles. The number of carboxylic acids is 2. The zero-order valence-corrected chi connectivity index (χ0v) is 12.4. The highest BCUT2D eigenvalue weighted by Gasteiger charge is 2.59. The highest BCUT2D eigenvalue weighted by atomic mass is 16.4. The zero-order valence-electron chi connectivity index (χ0n) is 12.4. The van der Waals surface area contributed by atoms with Crippen LogP contribution in [0.4, 0.5) is 5.69 Å². The molecule has 1 saturated heterocycles. The van der Waals surface area contributed by atoms with Gasteiger partial charge in [0.05, 0.1) is 28.7 Å².